The van der Waals surface area contributed by atoms with Crippen molar-refractivity contribution < 1.29 is 14.7 Å². The van der Waals surface area contributed by atoms with Crippen LogP contribution in [0.25, 0.3) is 0 Å². The molecule has 0 fully saturated rings. The van der Waals surface area contributed by atoms with E-state index in [1.54, 1.807) is 12.1 Å². The lowest BCUT2D eigenvalue weighted by molar-refractivity contribution is -0.119. The van der Waals surface area contributed by atoms with E-state index in [0.717, 1.165) is 0 Å². The molecule has 0 saturated heterocycles. The summed E-state index contributed by atoms with van der Waals surface area (Å²) >= 11 is 22.3. The van der Waals surface area contributed by atoms with Gasteiger partial charge in [0.25, 0.3) is 0 Å². The number of amides is 1. The first-order chi connectivity index (χ1) is 10.1. The van der Waals surface area contributed by atoms with E-state index in [1.165, 1.54) is 19.1 Å². The van der Waals surface area contributed by atoms with Gasteiger partial charge in [-0.1, -0.05) is 40.9 Å². The zero-order valence-electron chi connectivity index (χ0n) is 11.2. The van der Waals surface area contributed by atoms with Crippen LogP contribution in [-0.2, 0) is 4.79 Å². The molecule has 1 aromatic carbocycles. The second-order valence-corrected chi connectivity index (χ2v) is 6.94. The summed E-state index contributed by atoms with van der Waals surface area (Å²) in [6, 6.07) is 5.99. The van der Waals surface area contributed by atoms with E-state index < -0.39 is 21.8 Å². The van der Waals surface area contributed by atoms with Crippen molar-refractivity contribution in [2.75, 3.05) is 5.32 Å². The summed E-state index contributed by atoms with van der Waals surface area (Å²) in [5, 5.41) is 16.7. The molecule has 22 heavy (non-hydrogen) atoms. The first-order valence-electron chi connectivity index (χ1n) is 5.84. The molecule has 4 N–H and O–H groups in total. The van der Waals surface area contributed by atoms with E-state index in [1.807, 2.05) is 0 Å². The number of anilines is 1. The number of carboxylic acid groups (broad SMARTS) is 1. The Morgan fingerprint density at radius 2 is 1.91 bits per heavy atom. The Hall–Kier alpha value is -1.28. The SMILES string of the molecule is CC(=O)NC(NC(=S)Nc1cccc(C(=O)O)c1)C(Cl)(Cl)Cl. The maximum atomic E-state index is 11.1. The number of carboxylic acids is 1. The molecule has 0 bridgehead atoms. The second kappa shape index (κ2) is 7.82. The van der Waals surface area contributed by atoms with E-state index in [4.69, 9.17) is 52.1 Å². The first-order valence-corrected chi connectivity index (χ1v) is 7.38. The first kappa shape index (κ1) is 18.8. The third kappa shape index (κ3) is 6.23. The third-order valence-electron chi connectivity index (χ3n) is 2.32. The van der Waals surface area contributed by atoms with Crippen molar-refractivity contribution in [1.82, 2.24) is 10.6 Å². The van der Waals surface area contributed by atoms with Gasteiger partial charge in [-0.2, -0.15) is 0 Å². The molecular formula is C12H12Cl3N3O3S. The lowest BCUT2D eigenvalue weighted by Gasteiger charge is -2.27. The number of aromatic carboxylic acids is 1. The van der Waals surface area contributed by atoms with E-state index >= 15 is 0 Å². The van der Waals surface area contributed by atoms with Gasteiger partial charge in [0.05, 0.1) is 5.56 Å². The topological polar surface area (TPSA) is 90.5 Å². The van der Waals surface area contributed by atoms with Crippen molar-refractivity contribution in [2.24, 2.45) is 0 Å². The molecule has 0 aliphatic carbocycles. The van der Waals surface area contributed by atoms with Crippen LogP contribution < -0.4 is 16.0 Å². The Balaban J connectivity index is 2.77. The summed E-state index contributed by atoms with van der Waals surface area (Å²) in [6.07, 6.45) is -1.06. The quantitative estimate of drug-likeness (QED) is 0.362. The molecule has 0 aliphatic rings. The van der Waals surface area contributed by atoms with Gasteiger partial charge in [-0.05, 0) is 30.4 Å². The van der Waals surface area contributed by atoms with E-state index in [9.17, 15) is 9.59 Å². The summed E-state index contributed by atoms with van der Waals surface area (Å²) < 4.78 is -1.83. The molecule has 1 amide bonds. The van der Waals surface area contributed by atoms with Gasteiger partial charge in [0.1, 0.15) is 6.17 Å². The number of hydrogen-bond donors (Lipinski definition) is 4. The second-order valence-electron chi connectivity index (χ2n) is 4.16. The van der Waals surface area contributed by atoms with E-state index in [0.29, 0.717) is 5.69 Å². The number of hydrogen-bond acceptors (Lipinski definition) is 3. The van der Waals surface area contributed by atoms with Gasteiger partial charge in [-0.25, -0.2) is 4.79 Å². The zero-order chi connectivity index (χ0) is 16.9. The van der Waals surface area contributed by atoms with Crippen LogP contribution in [0, 0.1) is 0 Å². The lowest BCUT2D eigenvalue weighted by atomic mass is 10.2. The highest BCUT2D eigenvalue weighted by Crippen LogP contribution is 2.29. The van der Waals surface area contributed by atoms with Crippen LogP contribution in [0.1, 0.15) is 17.3 Å². The maximum absolute atomic E-state index is 11.1. The highest BCUT2D eigenvalue weighted by Gasteiger charge is 2.34. The van der Waals surface area contributed by atoms with Crippen molar-refractivity contribution in [3.05, 3.63) is 29.8 Å². The van der Waals surface area contributed by atoms with Crippen LogP contribution in [0.5, 0.6) is 0 Å². The fourth-order valence-electron chi connectivity index (χ4n) is 1.43. The van der Waals surface area contributed by atoms with Gasteiger partial charge in [-0.15, -0.1) is 0 Å². The standard InChI is InChI=1S/C12H12Cl3N3O3S/c1-6(19)16-10(12(13,14)15)18-11(22)17-8-4-2-3-7(5-8)9(20)21/h2-5,10H,1H3,(H,16,19)(H,20,21)(H2,17,18,22). The number of rotatable bonds is 4. The van der Waals surface area contributed by atoms with Crippen LogP contribution in [-0.4, -0.2) is 32.1 Å². The van der Waals surface area contributed by atoms with Gasteiger partial charge < -0.3 is 21.1 Å². The van der Waals surface area contributed by atoms with Gasteiger partial charge in [0.2, 0.25) is 9.70 Å². The monoisotopic (exact) mass is 383 g/mol. The Bertz CT molecular complexity index is 592. The van der Waals surface area contributed by atoms with Crippen molar-refractivity contribution in [1.29, 1.82) is 0 Å². The molecule has 0 heterocycles. The smallest absolute Gasteiger partial charge is 0.335 e. The summed E-state index contributed by atoms with van der Waals surface area (Å²) in [4.78, 5) is 22.0. The number of carbonyl (C=O) groups excluding carboxylic acids is 1. The molecular weight excluding hydrogens is 373 g/mol. The van der Waals surface area contributed by atoms with Crippen LogP contribution in [0.15, 0.2) is 24.3 Å². The minimum absolute atomic E-state index is 0.0487. The van der Waals surface area contributed by atoms with E-state index in [2.05, 4.69) is 16.0 Å². The number of thiocarbonyl (C=S) groups is 1. The molecule has 6 nitrogen and oxygen atoms in total. The fourth-order valence-corrected chi connectivity index (χ4v) is 1.99. The Kier molecular flexibility index (Phi) is 6.67. The maximum Gasteiger partial charge on any atom is 0.335 e. The largest absolute Gasteiger partial charge is 0.478 e. The normalized spacial score (nSPS) is 12.2. The average Bonchev–Trinajstić information content (AvgIpc) is 2.36. The van der Waals surface area contributed by atoms with Crippen molar-refractivity contribution in [2.45, 2.75) is 16.9 Å². The number of halogens is 3. The summed E-state index contributed by atoms with van der Waals surface area (Å²) in [5.41, 5.74) is 0.524. The molecule has 0 aromatic heterocycles. The Labute approximate surface area is 147 Å². The predicted molar refractivity (Wildman–Crippen MR) is 90.7 cm³/mol. The third-order valence-corrected chi connectivity index (χ3v) is 3.19. The van der Waals surface area contributed by atoms with Crippen molar-refractivity contribution in [3.63, 3.8) is 0 Å². The highest BCUT2D eigenvalue weighted by molar-refractivity contribution is 7.80. The lowest BCUT2D eigenvalue weighted by Crippen LogP contribution is -2.55. The van der Waals surface area contributed by atoms with Gasteiger partial charge in [0, 0.05) is 12.6 Å². The number of carbonyl (C=O) groups is 2. The Morgan fingerprint density at radius 3 is 2.41 bits per heavy atom. The summed E-state index contributed by atoms with van der Waals surface area (Å²) in [6.45, 7) is 1.26. The minimum atomic E-state index is -1.83. The molecule has 1 unspecified atom stereocenters. The minimum Gasteiger partial charge on any atom is -0.478 e. The fraction of sp³-hybridized carbons (Fsp3) is 0.250. The van der Waals surface area contributed by atoms with Crippen LogP contribution in [0.4, 0.5) is 5.69 Å². The van der Waals surface area contributed by atoms with Crippen LogP contribution in [0.2, 0.25) is 0 Å². The van der Waals surface area contributed by atoms with Crippen molar-refractivity contribution >= 4 is 69.7 Å². The molecule has 0 radical (unpaired) electrons. The van der Waals surface area contributed by atoms with E-state index in [-0.39, 0.29) is 10.7 Å². The average molecular weight is 385 g/mol. The molecule has 0 spiro atoms. The van der Waals surface area contributed by atoms with Gasteiger partial charge >= 0.3 is 5.97 Å². The molecule has 10 heteroatoms. The zero-order valence-corrected chi connectivity index (χ0v) is 14.3. The molecule has 120 valence electrons. The highest BCUT2D eigenvalue weighted by atomic mass is 35.6. The number of alkyl halides is 3. The van der Waals surface area contributed by atoms with Crippen LogP contribution >= 0.6 is 47.0 Å². The number of benzene rings is 1. The molecule has 1 rings (SSSR count). The molecule has 1 atom stereocenters. The van der Waals surface area contributed by atoms with Gasteiger partial charge in [0.15, 0.2) is 5.11 Å². The molecule has 1 aromatic rings. The number of nitrogens with one attached hydrogen (secondary N) is 3. The van der Waals surface area contributed by atoms with Crippen LogP contribution in [0.3, 0.4) is 0 Å². The van der Waals surface area contributed by atoms with Gasteiger partial charge in [-0.3, -0.25) is 4.79 Å². The summed E-state index contributed by atoms with van der Waals surface area (Å²) in [7, 11) is 0. The Morgan fingerprint density at radius 1 is 1.27 bits per heavy atom. The predicted octanol–water partition coefficient (Wildman–Crippen LogP) is 2.50. The molecule has 0 aliphatic heterocycles. The van der Waals surface area contributed by atoms with Crippen molar-refractivity contribution in [3.8, 4) is 0 Å². The molecule has 0 saturated carbocycles. The summed E-state index contributed by atoms with van der Waals surface area (Å²) in [5.74, 6) is -1.49.